The summed E-state index contributed by atoms with van der Waals surface area (Å²) in [7, 11) is 0. The van der Waals surface area contributed by atoms with Gasteiger partial charge < -0.3 is 11.1 Å². The normalized spacial score (nSPS) is 10.1. The minimum atomic E-state index is -0.616. The molecule has 0 spiro atoms. The number of aromatic amines is 1. The van der Waals surface area contributed by atoms with Crippen LogP contribution in [-0.2, 0) is 0 Å². The van der Waals surface area contributed by atoms with Gasteiger partial charge in [0.25, 0.3) is 5.91 Å². The number of benzene rings is 1. The molecule has 82 valence electrons. The molecule has 0 saturated carbocycles. The van der Waals surface area contributed by atoms with Crippen LogP contribution in [-0.4, -0.2) is 16.1 Å². The molecule has 1 aromatic heterocycles. The Kier molecular flexibility index (Phi) is 2.55. The molecule has 2 aromatic rings. The number of carbonyl (C=O) groups excluding carboxylic acids is 1. The minimum absolute atomic E-state index is 0.0961. The molecule has 0 bridgehead atoms. The molecule has 1 amide bonds. The van der Waals surface area contributed by atoms with Crippen molar-refractivity contribution >= 4 is 17.3 Å². The number of nitrogen functional groups attached to an aromatic ring is 1. The lowest BCUT2D eigenvalue weighted by molar-refractivity contribution is 0.102. The molecule has 1 aromatic carbocycles. The molecular formula is C10H9FN4O. The molecule has 0 atom stereocenters. The van der Waals surface area contributed by atoms with Gasteiger partial charge in [0.15, 0.2) is 0 Å². The lowest BCUT2D eigenvalue weighted by atomic mass is 10.2. The lowest BCUT2D eigenvalue weighted by Crippen LogP contribution is -2.13. The average Bonchev–Trinajstić information content (AvgIpc) is 2.74. The number of hydrogen-bond acceptors (Lipinski definition) is 3. The number of anilines is 2. The van der Waals surface area contributed by atoms with Gasteiger partial charge in [0.05, 0.1) is 17.4 Å². The highest BCUT2D eigenvalue weighted by atomic mass is 19.1. The number of nitrogens with one attached hydrogen (secondary N) is 2. The highest BCUT2D eigenvalue weighted by Gasteiger charge is 2.12. The average molecular weight is 220 g/mol. The fraction of sp³-hybridized carbons (Fsp3) is 0. The zero-order chi connectivity index (χ0) is 11.5. The molecule has 6 heteroatoms. The van der Waals surface area contributed by atoms with Crippen molar-refractivity contribution in [3.63, 3.8) is 0 Å². The number of hydrogen-bond donors (Lipinski definition) is 3. The van der Waals surface area contributed by atoms with Gasteiger partial charge >= 0.3 is 0 Å². The molecule has 4 N–H and O–H groups in total. The van der Waals surface area contributed by atoms with Crippen molar-refractivity contribution < 1.29 is 9.18 Å². The maximum absolute atomic E-state index is 13.3. The van der Waals surface area contributed by atoms with E-state index < -0.39 is 11.7 Å². The van der Waals surface area contributed by atoms with Gasteiger partial charge in [-0.25, -0.2) is 4.39 Å². The van der Waals surface area contributed by atoms with Crippen LogP contribution in [0.3, 0.4) is 0 Å². The summed E-state index contributed by atoms with van der Waals surface area (Å²) < 4.78 is 13.3. The van der Waals surface area contributed by atoms with E-state index >= 15 is 0 Å². The third-order valence-electron chi connectivity index (χ3n) is 1.99. The molecule has 0 fully saturated rings. The van der Waals surface area contributed by atoms with E-state index in [9.17, 15) is 9.18 Å². The Morgan fingerprint density at radius 1 is 1.50 bits per heavy atom. The molecule has 0 saturated heterocycles. The highest BCUT2D eigenvalue weighted by molar-refractivity contribution is 6.04. The molecule has 0 aliphatic carbocycles. The second-order valence-electron chi connectivity index (χ2n) is 3.18. The Bertz CT molecular complexity index is 510. The molecule has 1 heterocycles. The summed E-state index contributed by atoms with van der Waals surface area (Å²) in [4.78, 5) is 11.6. The van der Waals surface area contributed by atoms with Gasteiger partial charge in [-0.05, 0) is 18.2 Å². The number of nitrogens with zero attached hydrogens (tertiary/aromatic N) is 1. The van der Waals surface area contributed by atoms with E-state index in [2.05, 4.69) is 15.5 Å². The smallest absolute Gasteiger partial charge is 0.258 e. The van der Waals surface area contributed by atoms with Crippen LogP contribution in [0.15, 0.2) is 30.6 Å². The van der Waals surface area contributed by atoms with Crippen molar-refractivity contribution in [2.45, 2.75) is 0 Å². The molecule has 2 rings (SSSR count). The monoisotopic (exact) mass is 220 g/mol. The van der Waals surface area contributed by atoms with Crippen LogP contribution in [0.5, 0.6) is 0 Å². The fourth-order valence-electron chi connectivity index (χ4n) is 1.23. The van der Waals surface area contributed by atoms with Crippen LogP contribution >= 0.6 is 0 Å². The van der Waals surface area contributed by atoms with E-state index in [4.69, 9.17) is 5.73 Å². The van der Waals surface area contributed by atoms with Gasteiger partial charge in [-0.3, -0.25) is 9.89 Å². The predicted molar refractivity (Wildman–Crippen MR) is 57.4 cm³/mol. The Hall–Kier alpha value is -2.37. The maximum atomic E-state index is 13.3. The topological polar surface area (TPSA) is 83.8 Å². The molecule has 0 aliphatic rings. The Morgan fingerprint density at radius 2 is 2.31 bits per heavy atom. The Morgan fingerprint density at radius 3 is 3.00 bits per heavy atom. The third-order valence-corrected chi connectivity index (χ3v) is 1.99. The number of halogens is 1. The summed E-state index contributed by atoms with van der Waals surface area (Å²) in [6.07, 6.45) is 2.91. The summed E-state index contributed by atoms with van der Waals surface area (Å²) in [5, 5.41) is 8.66. The summed E-state index contributed by atoms with van der Waals surface area (Å²) in [6.45, 7) is 0. The number of rotatable bonds is 2. The van der Waals surface area contributed by atoms with Crippen molar-refractivity contribution in [1.29, 1.82) is 0 Å². The van der Waals surface area contributed by atoms with Crippen LogP contribution in [0.25, 0.3) is 0 Å². The van der Waals surface area contributed by atoms with E-state index in [-0.39, 0.29) is 5.56 Å². The first-order valence-electron chi connectivity index (χ1n) is 4.52. The zero-order valence-corrected chi connectivity index (χ0v) is 8.20. The minimum Gasteiger partial charge on any atom is -0.399 e. The van der Waals surface area contributed by atoms with E-state index in [0.29, 0.717) is 11.4 Å². The second kappa shape index (κ2) is 4.01. The summed E-state index contributed by atoms with van der Waals surface area (Å²) >= 11 is 0. The van der Waals surface area contributed by atoms with Gasteiger partial charge in [0.2, 0.25) is 0 Å². The highest BCUT2D eigenvalue weighted by Crippen LogP contribution is 2.14. The van der Waals surface area contributed by atoms with Crippen LogP contribution < -0.4 is 11.1 Å². The van der Waals surface area contributed by atoms with Gasteiger partial charge in [0, 0.05) is 11.9 Å². The van der Waals surface area contributed by atoms with Crippen molar-refractivity contribution in [2.75, 3.05) is 11.1 Å². The molecule has 5 nitrogen and oxygen atoms in total. The standard InChI is InChI=1S/C10H9FN4O/c11-9-2-1-6(12)3-8(9)10(16)15-7-4-13-14-5-7/h1-5H,12H2,(H,13,14)(H,15,16). The number of nitrogens with two attached hydrogens (primary N) is 1. The van der Waals surface area contributed by atoms with E-state index in [1.807, 2.05) is 0 Å². The van der Waals surface area contributed by atoms with E-state index in [1.54, 1.807) is 0 Å². The largest absolute Gasteiger partial charge is 0.399 e. The number of amides is 1. The predicted octanol–water partition coefficient (Wildman–Crippen LogP) is 1.38. The number of H-pyrrole nitrogens is 1. The van der Waals surface area contributed by atoms with Crippen molar-refractivity contribution in [3.05, 3.63) is 42.0 Å². The molecular weight excluding hydrogens is 211 g/mol. The molecule has 0 radical (unpaired) electrons. The zero-order valence-electron chi connectivity index (χ0n) is 8.20. The van der Waals surface area contributed by atoms with Crippen LogP contribution in [0.2, 0.25) is 0 Å². The summed E-state index contributed by atoms with van der Waals surface area (Å²) in [5.41, 5.74) is 6.17. The fourth-order valence-corrected chi connectivity index (χ4v) is 1.23. The van der Waals surface area contributed by atoms with E-state index in [0.717, 1.165) is 6.07 Å². The van der Waals surface area contributed by atoms with Gasteiger partial charge in [-0.1, -0.05) is 0 Å². The van der Waals surface area contributed by atoms with Gasteiger partial charge in [-0.2, -0.15) is 5.10 Å². The second-order valence-corrected chi connectivity index (χ2v) is 3.18. The van der Waals surface area contributed by atoms with E-state index in [1.165, 1.54) is 24.5 Å². The molecule has 16 heavy (non-hydrogen) atoms. The Balaban J connectivity index is 2.24. The number of aromatic nitrogens is 2. The molecule has 0 unspecified atom stereocenters. The summed E-state index contributed by atoms with van der Waals surface area (Å²) in [5.74, 6) is -1.18. The van der Waals surface area contributed by atoms with Crippen molar-refractivity contribution in [3.8, 4) is 0 Å². The first kappa shape index (κ1) is 10.2. The van der Waals surface area contributed by atoms with Crippen molar-refractivity contribution in [2.24, 2.45) is 0 Å². The first-order chi connectivity index (χ1) is 7.66. The summed E-state index contributed by atoms with van der Waals surface area (Å²) in [6, 6.07) is 3.83. The van der Waals surface area contributed by atoms with Crippen molar-refractivity contribution in [1.82, 2.24) is 10.2 Å². The lowest BCUT2D eigenvalue weighted by Gasteiger charge is -2.04. The van der Waals surface area contributed by atoms with Crippen LogP contribution in [0.1, 0.15) is 10.4 Å². The maximum Gasteiger partial charge on any atom is 0.258 e. The first-order valence-corrected chi connectivity index (χ1v) is 4.52. The van der Waals surface area contributed by atoms with Crippen LogP contribution in [0, 0.1) is 5.82 Å². The quantitative estimate of drug-likeness (QED) is 0.668. The number of carbonyl (C=O) groups is 1. The SMILES string of the molecule is Nc1ccc(F)c(C(=O)Nc2cn[nH]c2)c1. The third kappa shape index (κ3) is 2.00. The van der Waals surface area contributed by atoms with Gasteiger partial charge in [0.1, 0.15) is 5.82 Å². The molecule has 0 aliphatic heterocycles. The van der Waals surface area contributed by atoms with Crippen LogP contribution in [0.4, 0.5) is 15.8 Å². The Labute approximate surface area is 90.5 Å². The van der Waals surface area contributed by atoms with Gasteiger partial charge in [-0.15, -0.1) is 0 Å².